The minimum atomic E-state index is -4.62. The molecular formula is C18H13ClMnN2O6S+2. The molecule has 0 unspecified atom stereocenters. The predicted octanol–water partition coefficient (Wildman–Crippen LogP) is 4.87. The maximum Gasteiger partial charge on any atom is 2.00 e. The normalized spacial score (nSPS) is 11.6. The topological polar surface area (TPSA) is 137 Å². The van der Waals surface area contributed by atoms with Crippen LogP contribution in [0.15, 0.2) is 57.6 Å². The summed E-state index contributed by atoms with van der Waals surface area (Å²) in [4.78, 5) is 10.9. The molecule has 0 aromatic heterocycles. The fourth-order valence-electron chi connectivity index (χ4n) is 2.61. The zero-order chi connectivity index (χ0) is 20.6. The number of azo groups is 1. The summed E-state index contributed by atoms with van der Waals surface area (Å²) in [7, 11) is -4.62. The molecule has 0 aliphatic carbocycles. The third-order valence-corrected chi connectivity index (χ3v) is 5.29. The number of carbonyl (C=O) groups is 1. The van der Waals surface area contributed by atoms with Crippen LogP contribution in [0.2, 0.25) is 5.02 Å². The molecular weight excluding hydrogens is 463 g/mol. The van der Waals surface area contributed by atoms with Crippen molar-refractivity contribution in [1.29, 1.82) is 0 Å². The fraction of sp³-hybridized carbons (Fsp3) is 0.0556. The molecule has 1 radical (unpaired) electrons. The smallest absolute Gasteiger partial charge is 0.505 e. The Morgan fingerprint density at radius 2 is 1.76 bits per heavy atom. The molecule has 0 fully saturated rings. The van der Waals surface area contributed by atoms with Gasteiger partial charge in [-0.15, -0.1) is 10.2 Å². The van der Waals surface area contributed by atoms with Gasteiger partial charge < -0.3 is 10.2 Å². The van der Waals surface area contributed by atoms with Crippen LogP contribution in [0.5, 0.6) is 5.75 Å². The molecule has 3 rings (SSSR count). The number of aromatic hydroxyl groups is 1. The van der Waals surface area contributed by atoms with E-state index in [4.69, 9.17) is 11.6 Å². The van der Waals surface area contributed by atoms with Crippen molar-refractivity contribution < 1.29 is 45.0 Å². The minimum Gasteiger partial charge on any atom is -0.505 e. The number of aromatic carboxylic acids is 1. The van der Waals surface area contributed by atoms with E-state index in [1.165, 1.54) is 12.1 Å². The number of nitrogens with zero attached hydrogens (tertiary/aromatic N) is 2. The Hall–Kier alpha value is -2.49. The van der Waals surface area contributed by atoms with E-state index in [-0.39, 0.29) is 39.0 Å². The Morgan fingerprint density at radius 3 is 2.38 bits per heavy atom. The number of halogens is 1. The third-order valence-electron chi connectivity index (χ3n) is 4.00. The fourth-order valence-corrected chi connectivity index (χ4v) is 3.46. The zero-order valence-electron chi connectivity index (χ0n) is 14.7. The van der Waals surface area contributed by atoms with Gasteiger partial charge in [-0.25, -0.2) is 4.79 Å². The van der Waals surface area contributed by atoms with Crippen molar-refractivity contribution in [3.05, 3.63) is 58.6 Å². The van der Waals surface area contributed by atoms with Crippen molar-refractivity contribution in [2.45, 2.75) is 11.8 Å². The van der Waals surface area contributed by atoms with Gasteiger partial charge in [-0.1, -0.05) is 35.9 Å². The molecule has 3 N–H and O–H groups in total. The number of rotatable bonds is 4. The molecule has 0 heterocycles. The van der Waals surface area contributed by atoms with Gasteiger partial charge in [0.1, 0.15) is 21.8 Å². The van der Waals surface area contributed by atoms with Crippen molar-refractivity contribution in [1.82, 2.24) is 0 Å². The standard InChI is InChI=1S/C18H13ClN2O6S.Mn/c1-9-6-15(28(25,26)27)14(8-13(9)19)20-21-16-11-5-3-2-4-10(11)7-12(17(16)22)18(23)24;/h2-8,22H,1H3,(H,23,24)(H,25,26,27);/q;+2. The first-order valence-corrected chi connectivity index (χ1v) is 9.58. The number of carboxylic acids is 1. The molecule has 0 atom stereocenters. The van der Waals surface area contributed by atoms with Crippen molar-refractivity contribution in [3.8, 4) is 5.75 Å². The van der Waals surface area contributed by atoms with Gasteiger partial charge >= 0.3 is 23.0 Å². The van der Waals surface area contributed by atoms with Gasteiger partial charge in [-0.05, 0) is 36.1 Å². The van der Waals surface area contributed by atoms with Crippen LogP contribution in [0.25, 0.3) is 10.8 Å². The number of aryl methyl sites for hydroxylation is 1. The molecule has 0 bridgehead atoms. The van der Waals surface area contributed by atoms with Crippen molar-refractivity contribution in [3.63, 3.8) is 0 Å². The average molecular weight is 476 g/mol. The van der Waals surface area contributed by atoms with Gasteiger partial charge in [-0.3, -0.25) is 4.55 Å². The van der Waals surface area contributed by atoms with Crippen LogP contribution in [0, 0.1) is 6.92 Å². The van der Waals surface area contributed by atoms with E-state index in [0.717, 1.165) is 6.07 Å². The van der Waals surface area contributed by atoms with Crippen LogP contribution < -0.4 is 0 Å². The Balaban J connectivity index is 0.00000300. The summed E-state index contributed by atoms with van der Waals surface area (Å²) in [6.45, 7) is 1.55. The number of hydrogen-bond acceptors (Lipinski definition) is 6. The van der Waals surface area contributed by atoms with Crippen molar-refractivity contribution in [2.75, 3.05) is 0 Å². The second-order valence-corrected chi connectivity index (χ2v) is 7.69. The van der Waals surface area contributed by atoms with E-state index in [2.05, 4.69) is 10.2 Å². The van der Waals surface area contributed by atoms with E-state index in [1.807, 2.05) is 0 Å². The summed E-state index contributed by atoms with van der Waals surface area (Å²) in [5.74, 6) is -1.99. The predicted molar refractivity (Wildman–Crippen MR) is 103 cm³/mol. The summed E-state index contributed by atoms with van der Waals surface area (Å²) in [6.07, 6.45) is 0. The Labute approximate surface area is 181 Å². The van der Waals surface area contributed by atoms with Crippen LogP contribution in [-0.4, -0.2) is 29.2 Å². The summed E-state index contributed by atoms with van der Waals surface area (Å²) in [5.41, 5.74) is -0.408. The van der Waals surface area contributed by atoms with Crippen LogP contribution in [0.4, 0.5) is 11.4 Å². The molecule has 0 aliphatic heterocycles. The Morgan fingerprint density at radius 1 is 1.10 bits per heavy atom. The third kappa shape index (κ3) is 4.58. The molecule has 8 nitrogen and oxygen atoms in total. The van der Waals surface area contributed by atoms with Gasteiger partial charge in [0.05, 0.1) is 0 Å². The van der Waals surface area contributed by atoms with Crippen molar-refractivity contribution >= 4 is 49.8 Å². The van der Waals surface area contributed by atoms with Gasteiger partial charge in [0.2, 0.25) is 0 Å². The van der Waals surface area contributed by atoms with Crippen LogP contribution in [0.1, 0.15) is 15.9 Å². The van der Waals surface area contributed by atoms with Crippen LogP contribution in [0.3, 0.4) is 0 Å². The zero-order valence-corrected chi connectivity index (χ0v) is 17.4. The molecule has 0 aliphatic rings. The maximum absolute atomic E-state index is 11.6. The SMILES string of the molecule is Cc1cc(S(=O)(=O)O)c(N=Nc2c(O)c(C(=O)O)cc3ccccc23)cc1Cl.[Mn+2]. The van der Waals surface area contributed by atoms with E-state index in [1.54, 1.807) is 31.2 Å². The molecule has 0 spiro atoms. The first-order valence-electron chi connectivity index (χ1n) is 7.77. The molecule has 0 saturated carbocycles. The van der Waals surface area contributed by atoms with Gasteiger partial charge in [0, 0.05) is 10.4 Å². The second kappa shape index (κ2) is 8.48. The first-order chi connectivity index (χ1) is 13.1. The van der Waals surface area contributed by atoms with Crippen molar-refractivity contribution in [2.24, 2.45) is 10.2 Å². The van der Waals surface area contributed by atoms with E-state index in [9.17, 15) is 28.0 Å². The monoisotopic (exact) mass is 475 g/mol. The summed E-state index contributed by atoms with van der Waals surface area (Å²) in [5, 5.41) is 28.4. The van der Waals surface area contributed by atoms with E-state index < -0.39 is 26.7 Å². The molecule has 3 aromatic rings. The number of hydrogen-bond donors (Lipinski definition) is 3. The Bertz CT molecular complexity index is 1260. The summed E-state index contributed by atoms with van der Waals surface area (Å²) < 4.78 is 32.7. The second-order valence-electron chi connectivity index (χ2n) is 5.89. The number of phenols is 1. The van der Waals surface area contributed by atoms with Gasteiger partial charge in [0.15, 0.2) is 5.75 Å². The summed E-state index contributed by atoms with van der Waals surface area (Å²) >= 11 is 6.01. The van der Waals surface area contributed by atoms with Crippen LogP contribution in [-0.2, 0) is 27.2 Å². The first kappa shape index (κ1) is 22.8. The average Bonchev–Trinajstić information content (AvgIpc) is 2.61. The Kier molecular flexibility index (Phi) is 6.67. The quantitative estimate of drug-likeness (QED) is 0.280. The van der Waals surface area contributed by atoms with E-state index >= 15 is 0 Å². The molecule has 29 heavy (non-hydrogen) atoms. The van der Waals surface area contributed by atoms with Gasteiger partial charge in [-0.2, -0.15) is 8.42 Å². The molecule has 3 aromatic carbocycles. The van der Waals surface area contributed by atoms with E-state index in [0.29, 0.717) is 16.3 Å². The minimum absolute atomic E-state index is 0. The van der Waals surface area contributed by atoms with Gasteiger partial charge in [0.25, 0.3) is 10.1 Å². The number of benzene rings is 3. The molecule has 149 valence electrons. The van der Waals surface area contributed by atoms with Crippen LogP contribution >= 0.6 is 11.6 Å². The number of carboxylic acid groups (broad SMARTS) is 1. The molecule has 11 heteroatoms. The summed E-state index contributed by atoms with van der Waals surface area (Å²) in [6, 6.07) is 10.2. The molecule has 0 amide bonds. The maximum atomic E-state index is 11.6. The molecule has 0 saturated heterocycles. The number of fused-ring (bicyclic) bond motifs is 1. The largest absolute Gasteiger partial charge is 2.00 e.